The van der Waals surface area contributed by atoms with Crippen molar-refractivity contribution in [3.8, 4) is 0 Å². The van der Waals surface area contributed by atoms with Crippen LogP contribution in [0.1, 0.15) is 0 Å². The molecule has 0 aliphatic carbocycles. The summed E-state index contributed by atoms with van der Waals surface area (Å²) in [4.78, 5) is 0. The Labute approximate surface area is 75.0 Å². The van der Waals surface area contributed by atoms with Crippen LogP contribution in [0, 0.1) is 0 Å². The van der Waals surface area contributed by atoms with E-state index < -0.39 is 8.07 Å². The van der Waals surface area contributed by atoms with Crippen molar-refractivity contribution in [3.05, 3.63) is 10.2 Å². The van der Waals surface area contributed by atoms with Crippen molar-refractivity contribution in [1.29, 1.82) is 0 Å². The Hall–Kier alpha value is 0.917. The summed E-state index contributed by atoms with van der Waals surface area (Å²) in [6.07, 6.45) is 2.19. The minimum Gasteiger partial charge on any atom is -0.0883 e. The first-order chi connectivity index (χ1) is 3.98. The van der Waals surface area contributed by atoms with Gasteiger partial charge in [-0.05, 0) is 4.11 Å². The normalized spacial score (nSPS) is 14.1. The fraction of sp³-hybridized carbons (Fsp3) is 0.667. The molecule has 9 heavy (non-hydrogen) atoms. The van der Waals surface area contributed by atoms with Crippen LogP contribution >= 0.6 is 31.9 Å². The highest BCUT2D eigenvalue weighted by Crippen LogP contribution is 2.20. The zero-order valence-corrected chi connectivity index (χ0v) is 10.2. The highest BCUT2D eigenvalue weighted by Gasteiger charge is 2.15. The molecule has 0 rings (SSSR count). The predicted molar refractivity (Wildman–Crippen MR) is 54.2 cm³/mol. The first-order valence-corrected chi connectivity index (χ1v) is 8.32. The first-order valence-electron chi connectivity index (χ1n) is 2.90. The number of hydrogen-bond donors (Lipinski definition) is 0. The average molecular weight is 272 g/mol. The van der Waals surface area contributed by atoms with Gasteiger partial charge >= 0.3 is 0 Å². The van der Waals surface area contributed by atoms with Crippen LogP contribution in [0.25, 0.3) is 0 Å². The number of rotatable bonds is 2. The van der Waals surface area contributed by atoms with Crippen LogP contribution in [-0.2, 0) is 0 Å². The van der Waals surface area contributed by atoms with Crippen molar-refractivity contribution >= 4 is 39.9 Å². The Morgan fingerprint density at radius 3 is 2.00 bits per heavy atom. The fourth-order valence-corrected chi connectivity index (χ4v) is 2.31. The Morgan fingerprint density at radius 2 is 1.89 bits per heavy atom. The molecule has 0 fully saturated rings. The third kappa shape index (κ3) is 4.34. The van der Waals surface area contributed by atoms with Crippen LogP contribution in [0.2, 0.25) is 19.6 Å². The van der Waals surface area contributed by atoms with Crippen molar-refractivity contribution in [3.63, 3.8) is 0 Å². The molecule has 0 spiro atoms. The third-order valence-corrected chi connectivity index (χ3v) is 6.83. The van der Waals surface area contributed by atoms with Crippen LogP contribution in [0.4, 0.5) is 0 Å². The van der Waals surface area contributed by atoms with E-state index in [1.54, 1.807) is 0 Å². The fourth-order valence-electron chi connectivity index (χ4n) is 0.374. The molecule has 0 saturated heterocycles. The monoisotopic (exact) mass is 270 g/mol. The Kier molecular flexibility index (Phi) is 4.34. The summed E-state index contributed by atoms with van der Waals surface area (Å²) in [6, 6.07) is 0. The Bertz CT molecular complexity index is 113. The lowest BCUT2D eigenvalue weighted by atomic mass is 10.8. The summed E-state index contributed by atoms with van der Waals surface area (Å²) < 4.78 is 1.40. The summed E-state index contributed by atoms with van der Waals surface area (Å²) in [5.41, 5.74) is 0. The Balaban J connectivity index is 4.03. The summed E-state index contributed by atoms with van der Waals surface area (Å²) in [5.74, 6) is 0. The highest BCUT2D eigenvalue weighted by molar-refractivity contribution is 9.12. The molecule has 0 N–H and O–H groups in total. The van der Waals surface area contributed by atoms with Crippen molar-refractivity contribution < 1.29 is 0 Å². The molecule has 0 radical (unpaired) electrons. The van der Waals surface area contributed by atoms with Gasteiger partial charge in [0, 0.05) is 5.33 Å². The van der Waals surface area contributed by atoms with E-state index in [9.17, 15) is 0 Å². The molecule has 0 atom stereocenters. The van der Waals surface area contributed by atoms with Crippen LogP contribution in [-0.4, -0.2) is 13.4 Å². The maximum atomic E-state index is 3.55. The topological polar surface area (TPSA) is 0 Å². The molecule has 0 aromatic rings. The third-order valence-electron chi connectivity index (χ3n) is 0.973. The van der Waals surface area contributed by atoms with E-state index in [0.717, 1.165) is 5.33 Å². The summed E-state index contributed by atoms with van der Waals surface area (Å²) >= 11 is 6.91. The molecule has 0 aromatic carbocycles. The van der Waals surface area contributed by atoms with Crippen molar-refractivity contribution in [2.24, 2.45) is 0 Å². The minimum atomic E-state index is -1.03. The maximum absolute atomic E-state index is 3.55. The maximum Gasteiger partial charge on any atom is 0.0861 e. The number of hydrogen-bond acceptors (Lipinski definition) is 0. The summed E-state index contributed by atoms with van der Waals surface area (Å²) in [7, 11) is -1.03. The highest BCUT2D eigenvalue weighted by atomic mass is 79.9. The van der Waals surface area contributed by atoms with E-state index >= 15 is 0 Å². The minimum absolute atomic E-state index is 0.956. The van der Waals surface area contributed by atoms with Crippen LogP contribution < -0.4 is 0 Å². The predicted octanol–water partition coefficient (Wildman–Crippen LogP) is 3.54. The van der Waals surface area contributed by atoms with Gasteiger partial charge in [0.2, 0.25) is 0 Å². The van der Waals surface area contributed by atoms with Gasteiger partial charge in [-0.3, -0.25) is 0 Å². The van der Waals surface area contributed by atoms with Gasteiger partial charge in [-0.2, -0.15) is 0 Å². The second-order valence-electron chi connectivity index (χ2n) is 2.96. The van der Waals surface area contributed by atoms with Crippen LogP contribution in [0.3, 0.4) is 0 Å². The van der Waals surface area contributed by atoms with Crippen LogP contribution in [0.15, 0.2) is 10.2 Å². The standard InChI is InChI=1S/C6H12Br2Si/c1-9(2,3)6(8)4-5-7/h4H,5H2,1-3H3. The van der Waals surface area contributed by atoms with Gasteiger partial charge in [0.15, 0.2) is 0 Å². The van der Waals surface area contributed by atoms with Crippen LogP contribution in [0.5, 0.6) is 0 Å². The zero-order valence-electron chi connectivity index (χ0n) is 6.04. The van der Waals surface area contributed by atoms with E-state index in [1.807, 2.05) is 0 Å². The van der Waals surface area contributed by atoms with Gasteiger partial charge in [-0.15, -0.1) is 0 Å². The van der Waals surface area contributed by atoms with E-state index in [1.165, 1.54) is 4.11 Å². The molecule has 0 aromatic heterocycles. The van der Waals surface area contributed by atoms with Crippen molar-refractivity contribution in [2.45, 2.75) is 19.6 Å². The first kappa shape index (κ1) is 9.92. The Morgan fingerprint density at radius 1 is 1.44 bits per heavy atom. The summed E-state index contributed by atoms with van der Waals surface area (Å²) in [5, 5.41) is 0.956. The van der Waals surface area contributed by atoms with E-state index in [0.29, 0.717) is 0 Å². The zero-order chi connectivity index (χ0) is 7.49. The van der Waals surface area contributed by atoms with Gasteiger partial charge in [-0.1, -0.05) is 57.6 Å². The van der Waals surface area contributed by atoms with E-state index in [2.05, 4.69) is 57.6 Å². The molecular weight excluding hydrogens is 260 g/mol. The lowest BCUT2D eigenvalue weighted by molar-refractivity contribution is 1.70. The average Bonchev–Trinajstić information content (AvgIpc) is 1.64. The molecule has 0 unspecified atom stereocenters. The molecule has 0 aliphatic heterocycles. The lowest BCUT2D eigenvalue weighted by Gasteiger charge is -2.13. The second-order valence-corrected chi connectivity index (χ2v) is 10.2. The molecule has 0 amide bonds. The SMILES string of the molecule is C[Si](C)(C)C(Br)=CCBr. The quantitative estimate of drug-likeness (QED) is 0.532. The molecule has 54 valence electrons. The van der Waals surface area contributed by atoms with Gasteiger partial charge in [0.05, 0.1) is 8.07 Å². The van der Waals surface area contributed by atoms with Crippen molar-refractivity contribution in [2.75, 3.05) is 5.33 Å². The van der Waals surface area contributed by atoms with Gasteiger partial charge < -0.3 is 0 Å². The molecule has 0 aliphatic rings. The molecule has 0 saturated carbocycles. The van der Waals surface area contributed by atoms with Gasteiger partial charge in [0.1, 0.15) is 0 Å². The van der Waals surface area contributed by atoms with Crippen molar-refractivity contribution in [1.82, 2.24) is 0 Å². The molecule has 0 heterocycles. The van der Waals surface area contributed by atoms with Gasteiger partial charge in [-0.25, -0.2) is 0 Å². The largest absolute Gasteiger partial charge is 0.0883 e. The molecule has 0 nitrogen and oxygen atoms in total. The number of halogens is 2. The lowest BCUT2D eigenvalue weighted by Crippen LogP contribution is -2.20. The molecule has 0 bridgehead atoms. The van der Waals surface area contributed by atoms with Gasteiger partial charge in [0.25, 0.3) is 0 Å². The molecular formula is C6H12Br2Si. The molecule has 3 heteroatoms. The number of allylic oxidation sites excluding steroid dienone is 1. The second kappa shape index (κ2) is 3.94. The smallest absolute Gasteiger partial charge is 0.0861 e. The van der Waals surface area contributed by atoms with E-state index in [-0.39, 0.29) is 0 Å². The van der Waals surface area contributed by atoms with E-state index in [4.69, 9.17) is 0 Å². The summed E-state index contributed by atoms with van der Waals surface area (Å²) in [6.45, 7) is 6.95. The number of alkyl halides is 1.